The second kappa shape index (κ2) is 7.41. The molecule has 0 unspecified atom stereocenters. The van der Waals surface area contributed by atoms with Crippen LogP contribution in [0.1, 0.15) is 55.9 Å². The molecule has 2 N–H and O–H groups in total. The van der Waals surface area contributed by atoms with Crippen molar-refractivity contribution < 1.29 is 0 Å². The molecule has 1 aliphatic rings. The first-order valence-electron chi connectivity index (χ1n) is 7.74. The number of nitrogens with one attached hydrogen (secondary N) is 2. The minimum Gasteiger partial charge on any atom is -0.314 e. The van der Waals surface area contributed by atoms with Gasteiger partial charge in [-0.15, -0.1) is 11.3 Å². The van der Waals surface area contributed by atoms with Crippen molar-refractivity contribution in [2.45, 2.75) is 64.0 Å². The molecule has 0 atom stereocenters. The third kappa shape index (κ3) is 4.04. The Morgan fingerprint density at radius 2 is 2.05 bits per heavy atom. The molecule has 1 saturated carbocycles. The molecule has 19 heavy (non-hydrogen) atoms. The lowest BCUT2D eigenvalue weighted by Gasteiger charge is -2.37. The van der Waals surface area contributed by atoms with Gasteiger partial charge in [-0.05, 0) is 56.3 Å². The predicted octanol–water partition coefficient (Wildman–Crippen LogP) is 3.71. The molecule has 0 aliphatic heterocycles. The Labute approximate surface area is 122 Å². The minimum atomic E-state index is 0.411. The molecule has 1 heterocycles. The summed E-state index contributed by atoms with van der Waals surface area (Å²) in [6.07, 6.45) is 9.33. The van der Waals surface area contributed by atoms with Gasteiger partial charge in [-0.25, -0.2) is 0 Å². The van der Waals surface area contributed by atoms with E-state index in [9.17, 15) is 0 Å². The molecule has 1 aromatic heterocycles. The lowest BCUT2D eigenvalue weighted by Crippen LogP contribution is -2.46. The van der Waals surface area contributed by atoms with Crippen LogP contribution in [0.4, 0.5) is 0 Å². The summed E-state index contributed by atoms with van der Waals surface area (Å²) in [5.41, 5.74) is 1.92. The van der Waals surface area contributed by atoms with E-state index in [-0.39, 0.29) is 0 Å². The topological polar surface area (TPSA) is 24.1 Å². The number of aryl methyl sites for hydroxylation is 1. The van der Waals surface area contributed by atoms with E-state index >= 15 is 0 Å². The van der Waals surface area contributed by atoms with Gasteiger partial charge in [-0.3, -0.25) is 0 Å². The zero-order valence-electron chi connectivity index (χ0n) is 12.4. The zero-order chi connectivity index (χ0) is 13.6. The van der Waals surface area contributed by atoms with Gasteiger partial charge in [0.05, 0.1) is 0 Å². The molecular formula is C16H28N2S. The molecule has 2 nitrogen and oxygen atoms in total. The van der Waals surface area contributed by atoms with Crippen LogP contribution in [0.3, 0.4) is 0 Å². The molecule has 0 radical (unpaired) electrons. The van der Waals surface area contributed by atoms with Crippen LogP contribution in [0.15, 0.2) is 11.4 Å². The predicted molar refractivity (Wildman–Crippen MR) is 84.9 cm³/mol. The lowest BCUT2D eigenvalue weighted by molar-refractivity contribution is 0.228. The summed E-state index contributed by atoms with van der Waals surface area (Å²) in [4.78, 5) is 1.52. The third-order valence-electron chi connectivity index (χ3n) is 4.63. The van der Waals surface area contributed by atoms with Crippen LogP contribution in [0.5, 0.6) is 0 Å². The van der Waals surface area contributed by atoms with E-state index in [0.717, 1.165) is 19.5 Å². The van der Waals surface area contributed by atoms with E-state index < -0.39 is 0 Å². The van der Waals surface area contributed by atoms with Crippen molar-refractivity contribution in [3.05, 3.63) is 21.9 Å². The Morgan fingerprint density at radius 1 is 1.26 bits per heavy atom. The monoisotopic (exact) mass is 280 g/mol. The average molecular weight is 280 g/mol. The van der Waals surface area contributed by atoms with Crippen LogP contribution in [0, 0.1) is 0 Å². The van der Waals surface area contributed by atoms with Gasteiger partial charge in [0.15, 0.2) is 0 Å². The first-order valence-corrected chi connectivity index (χ1v) is 8.62. The van der Waals surface area contributed by atoms with Crippen molar-refractivity contribution in [3.63, 3.8) is 0 Å². The van der Waals surface area contributed by atoms with Crippen LogP contribution in [-0.2, 0) is 13.0 Å². The fourth-order valence-corrected chi connectivity index (χ4v) is 4.17. The highest BCUT2D eigenvalue weighted by molar-refractivity contribution is 7.10. The van der Waals surface area contributed by atoms with E-state index in [1.54, 1.807) is 0 Å². The molecule has 3 heteroatoms. The van der Waals surface area contributed by atoms with E-state index in [1.807, 2.05) is 11.3 Å². The lowest BCUT2D eigenvalue weighted by atomic mass is 9.79. The molecule has 1 fully saturated rings. The Kier molecular flexibility index (Phi) is 5.86. The maximum atomic E-state index is 3.64. The molecule has 0 aromatic carbocycles. The quantitative estimate of drug-likeness (QED) is 0.744. The normalized spacial score (nSPS) is 18.6. The highest BCUT2D eigenvalue weighted by Crippen LogP contribution is 2.30. The Hall–Kier alpha value is -0.380. The third-order valence-corrected chi connectivity index (χ3v) is 5.59. The Balaban J connectivity index is 1.73. The molecule has 0 bridgehead atoms. The second-order valence-corrected chi connectivity index (χ2v) is 6.74. The van der Waals surface area contributed by atoms with Crippen LogP contribution < -0.4 is 10.6 Å². The Bertz CT molecular complexity index is 367. The maximum absolute atomic E-state index is 3.64. The van der Waals surface area contributed by atoms with Gasteiger partial charge >= 0.3 is 0 Å². The van der Waals surface area contributed by atoms with Crippen molar-refractivity contribution >= 4 is 11.3 Å². The van der Waals surface area contributed by atoms with Crippen molar-refractivity contribution in [1.82, 2.24) is 10.6 Å². The summed E-state index contributed by atoms with van der Waals surface area (Å²) in [6.45, 7) is 4.41. The van der Waals surface area contributed by atoms with E-state index in [0.29, 0.717) is 5.54 Å². The van der Waals surface area contributed by atoms with Crippen LogP contribution in [-0.4, -0.2) is 19.1 Å². The molecule has 0 saturated heterocycles. The molecular weight excluding hydrogens is 252 g/mol. The number of thiophene rings is 1. The number of hydrogen-bond donors (Lipinski definition) is 2. The first kappa shape index (κ1) is 15.0. The smallest absolute Gasteiger partial charge is 0.0302 e. The van der Waals surface area contributed by atoms with Crippen molar-refractivity contribution in [1.29, 1.82) is 0 Å². The highest BCUT2D eigenvalue weighted by atomic mass is 32.1. The van der Waals surface area contributed by atoms with E-state index in [4.69, 9.17) is 0 Å². The summed E-state index contributed by atoms with van der Waals surface area (Å²) >= 11 is 1.89. The minimum absolute atomic E-state index is 0.411. The zero-order valence-corrected chi connectivity index (χ0v) is 13.2. The average Bonchev–Trinajstić information content (AvgIpc) is 2.92. The fraction of sp³-hybridized carbons (Fsp3) is 0.750. The molecule has 1 aromatic rings. The number of hydrogen-bond acceptors (Lipinski definition) is 3. The van der Waals surface area contributed by atoms with Crippen LogP contribution in [0.2, 0.25) is 0 Å². The molecule has 2 rings (SSSR count). The van der Waals surface area contributed by atoms with E-state index in [1.165, 1.54) is 49.0 Å². The Morgan fingerprint density at radius 3 is 2.74 bits per heavy atom. The SMILES string of the molecule is CCc1ccsc1CNCCC1(NC)CCCCC1. The second-order valence-electron chi connectivity index (χ2n) is 5.74. The van der Waals surface area contributed by atoms with Crippen molar-refractivity contribution in [2.24, 2.45) is 0 Å². The molecule has 1 aliphatic carbocycles. The fourth-order valence-electron chi connectivity index (χ4n) is 3.22. The van der Waals surface area contributed by atoms with Gasteiger partial charge in [-0.1, -0.05) is 26.2 Å². The van der Waals surface area contributed by atoms with E-state index in [2.05, 4.69) is 36.1 Å². The highest BCUT2D eigenvalue weighted by Gasteiger charge is 2.29. The van der Waals surface area contributed by atoms with Crippen molar-refractivity contribution in [2.75, 3.05) is 13.6 Å². The van der Waals surface area contributed by atoms with Gasteiger partial charge in [-0.2, -0.15) is 0 Å². The number of rotatable bonds is 7. The van der Waals surface area contributed by atoms with Crippen LogP contribution in [0.25, 0.3) is 0 Å². The maximum Gasteiger partial charge on any atom is 0.0302 e. The van der Waals surface area contributed by atoms with Crippen LogP contribution >= 0.6 is 11.3 Å². The van der Waals surface area contributed by atoms with Gasteiger partial charge in [0.2, 0.25) is 0 Å². The van der Waals surface area contributed by atoms with Gasteiger partial charge in [0, 0.05) is 17.0 Å². The van der Waals surface area contributed by atoms with Crippen molar-refractivity contribution in [3.8, 4) is 0 Å². The van der Waals surface area contributed by atoms with Gasteiger partial charge < -0.3 is 10.6 Å². The standard InChI is InChI=1S/C16H28N2S/c1-3-14-7-12-19-15(14)13-18-11-10-16(17-2)8-5-4-6-9-16/h7,12,17-18H,3-6,8-11,13H2,1-2H3. The largest absolute Gasteiger partial charge is 0.314 e. The molecule has 108 valence electrons. The van der Waals surface area contributed by atoms with Gasteiger partial charge in [0.1, 0.15) is 0 Å². The molecule has 0 spiro atoms. The summed E-state index contributed by atoms with van der Waals surface area (Å²) in [6, 6.07) is 2.26. The molecule has 0 amide bonds. The summed E-state index contributed by atoms with van der Waals surface area (Å²) in [7, 11) is 2.14. The summed E-state index contributed by atoms with van der Waals surface area (Å²) in [5, 5.41) is 9.45. The van der Waals surface area contributed by atoms with Gasteiger partial charge in [0.25, 0.3) is 0 Å². The first-order chi connectivity index (χ1) is 9.29. The summed E-state index contributed by atoms with van der Waals surface area (Å²) in [5.74, 6) is 0. The summed E-state index contributed by atoms with van der Waals surface area (Å²) < 4.78 is 0.